The Hall–Kier alpha value is -2.26. The van der Waals surface area contributed by atoms with Crippen LogP contribution in [0.25, 0.3) is 37.6 Å². The smallest absolute Gasteiger partial charge is 0.155 e. The molecule has 1 saturated carbocycles. The monoisotopic (exact) mass is 630 g/mol. The second kappa shape index (κ2) is 10.6. The number of benzene rings is 4. The summed E-state index contributed by atoms with van der Waals surface area (Å²) in [6.45, 7) is 2.85. The summed E-state index contributed by atoms with van der Waals surface area (Å²) >= 11 is 0. The minimum absolute atomic E-state index is 0. The molecule has 3 unspecified atom stereocenters. The second-order valence-electron chi connectivity index (χ2n) is 9.67. The van der Waals surface area contributed by atoms with Crippen molar-refractivity contribution >= 4 is 38.1 Å². The maximum Gasteiger partial charge on any atom is 0.155 e. The first-order valence-electron chi connectivity index (χ1n) is 12.2. The summed E-state index contributed by atoms with van der Waals surface area (Å²) < 4.78 is 0. The van der Waals surface area contributed by atoms with Crippen LogP contribution in [-0.2, 0) is 24.9 Å². The number of ketones is 1. The predicted octanol–water partition coefficient (Wildman–Crippen LogP) is 8.19. The normalized spacial score (nSPS) is 22.6. The van der Waals surface area contributed by atoms with Crippen molar-refractivity contribution in [2.45, 2.75) is 64.5 Å². The van der Waals surface area contributed by atoms with E-state index in [0.717, 1.165) is 5.92 Å². The molecule has 2 aliphatic rings. The van der Waals surface area contributed by atoms with E-state index in [9.17, 15) is 4.79 Å². The fraction of sp³-hybridized carbons (Fsp3) is 0.367. The molecular weight excluding hydrogens is 599 g/mol. The van der Waals surface area contributed by atoms with Gasteiger partial charge in [-0.3, -0.25) is 4.79 Å². The zero-order valence-corrected chi connectivity index (χ0v) is 22.2. The molecule has 1 heterocycles. The summed E-state index contributed by atoms with van der Waals surface area (Å²) in [5, 5.41) is 21.9. The van der Waals surface area contributed by atoms with Crippen LogP contribution in [0.15, 0.2) is 60.4 Å². The maximum atomic E-state index is 10.0. The number of aliphatic hydroxyl groups excluding tert-OH is 1. The molecule has 0 spiro atoms. The van der Waals surface area contributed by atoms with Gasteiger partial charge in [0, 0.05) is 26.2 Å². The number of piperidine rings is 1. The van der Waals surface area contributed by atoms with Crippen molar-refractivity contribution in [2.75, 3.05) is 0 Å². The fourth-order valence-electron chi connectivity index (χ4n) is 5.87. The Labute approximate surface area is 215 Å². The zero-order chi connectivity index (χ0) is 22.9. The van der Waals surface area contributed by atoms with Gasteiger partial charge in [-0.15, -0.1) is 40.4 Å². The average Bonchev–Trinajstić information content (AvgIpc) is 2.82. The van der Waals surface area contributed by atoms with Crippen molar-refractivity contribution in [3.63, 3.8) is 0 Å². The van der Waals surface area contributed by atoms with Gasteiger partial charge in [-0.1, -0.05) is 74.8 Å². The number of hydrogen-bond acceptors (Lipinski definition) is 2. The van der Waals surface area contributed by atoms with Crippen LogP contribution in [0.1, 0.15) is 64.0 Å². The van der Waals surface area contributed by atoms with Crippen molar-refractivity contribution in [3.8, 4) is 0 Å². The maximum absolute atomic E-state index is 10.0. The van der Waals surface area contributed by atoms with Crippen molar-refractivity contribution in [3.05, 3.63) is 77.3 Å². The van der Waals surface area contributed by atoms with E-state index in [4.69, 9.17) is 10.4 Å². The van der Waals surface area contributed by atoms with Crippen LogP contribution in [0.5, 0.6) is 0 Å². The summed E-state index contributed by atoms with van der Waals surface area (Å²) in [6.07, 6.45) is 9.16. The van der Waals surface area contributed by atoms with Gasteiger partial charge in [0.25, 0.3) is 0 Å². The largest absolute Gasteiger partial charge is 0.654 e. The second-order valence-corrected chi connectivity index (χ2v) is 9.67. The molecule has 1 saturated heterocycles. The van der Waals surface area contributed by atoms with Crippen molar-refractivity contribution in [2.24, 2.45) is 5.92 Å². The first-order valence-corrected chi connectivity index (χ1v) is 12.2. The molecule has 0 amide bonds. The summed E-state index contributed by atoms with van der Waals surface area (Å²) in [5.74, 6) is 0.785. The van der Waals surface area contributed by atoms with Gasteiger partial charge in [0.1, 0.15) is 0 Å². The molecule has 179 valence electrons. The van der Waals surface area contributed by atoms with E-state index >= 15 is 0 Å². The molecule has 0 bridgehead atoms. The molecule has 6 rings (SSSR count). The van der Waals surface area contributed by atoms with E-state index in [1.165, 1.54) is 96.3 Å². The van der Waals surface area contributed by atoms with Crippen LogP contribution in [-0.4, -0.2) is 16.9 Å². The third-order valence-corrected chi connectivity index (χ3v) is 7.28. The SMILES string of the molecule is CC(=O)/C=C(/C)O.[Ir].[c-]1cc2ccc3cccc4ccc(c1C1CCC5CCCCC5[N-]1)c2c34. The van der Waals surface area contributed by atoms with E-state index in [0.29, 0.717) is 12.1 Å². The number of allylic oxidation sites excluding steroid dienone is 2. The topological polar surface area (TPSA) is 51.4 Å². The Morgan fingerprint density at radius 1 is 0.941 bits per heavy atom. The molecule has 34 heavy (non-hydrogen) atoms. The van der Waals surface area contributed by atoms with Crippen LogP contribution >= 0.6 is 0 Å². The minimum Gasteiger partial charge on any atom is -0.654 e. The van der Waals surface area contributed by atoms with Crippen LogP contribution in [0, 0.1) is 12.0 Å². The number of hydrogen-bond donors (Lipinski definition) is 1. The Bertz CT molecular complexity index is 1310. The van der Waals surface area contributed by atoms with Crippen LogP contribution in [0.3, 0.4) is 0 Å². The molecule has 3 atom stereocenters. The molecule has 2 fully saturated rings. The molecule has 1 radical (unpaired) electrons. The number of aliphatic hydroxyl groups is 1. The third kappa shape index (κ3) is 4.91. The van der Waals surface area contributed by atoms with Gasteiger partial charge in [0.05, 0.1) is 5.76 Å². The average molecular weight is 630 g/mol. The standard InChI is InChI=1S/C25H23N.C5H8O2.Ir/c1-2-7-22-16(4-1)12-15-23(26-22)20-13-10-19-9-8-17-5-3-6-18-11-14-21(20)25(19)24(17)18;1-4(6)3-5(2)7;/h3,5-6,8-11,14,16,22-23H,1-2,4,7,12,15H2;3,6H,1-2H3;/q-2;;/b;4-3-;. The number of nitrogens with zero attached hydrogens (tertiary/aromatic N) is 1. The van der Waals surface area contributed by atoms with E-state index in [1.54, 1.807) is 0 Å². The Kier molecular flexibility index (Phi) is 7.72. The van der Waals surface area contributed by atoms with Crippen molar-refractivity contribution in [1.29, 1.82) is 0 Å². The number of carbonyl (C=O) groups excluding carboxylic acids is 1. The Morgan fingerprint density at radius 3 is 2.35 bits per heavy atom. The van der Waals surface area contributed by atoms with E-state index in [2.05, 4.69) is 54.6 Å². The van der Waals surface area contributed by atoms with Crippen molar-refractivity contribution < 1.29 is 30.0 Å². The molecular formula is C30H31IrNO2-2. The summed E-state index contributed by atoms with van der Waals surface area (Å²) in [6, 6.07) is 22.5. The van der Waals surface area contributed by atoms with Gasteiger partial charge in [0.2, 0.25) is 0 Å². The predicted molar refractivity (Wildman–Crippen MR) is 137 cm³/mol. The number of fused-ring (bicyclic) bond motifs is 1. The molecule has 3 nitrogen and oxygen atoms in total. The van der Waals surface area contributed by atoms with Crippen LogP contribution in [0.2, 0.25) is 0 Å². The van der Waals surface area contributed by atoms with E-state index in [1.807, 2.05) is 0 Å². The summed E-state index contributed by atoms with van der Waals surface area (Å²) in [4.78, 5) is 10.0. The molecule has 0 aromatic heterocycles. The minimum atomic E-state index is -0.125. The van der Waals surface area contributed by atoms with Gasteiger partial charge in [0.15, 0.2) is 5.78 Å². The molecule has 4 heteroatoms. The number of carbonyl (C=O) groups is 1. The Morgan fingerprint density at radius 2 is 1.65 bits per heavy atom. The first-order chi connectivity index (χ1) is 16.0. The molecule has 1 aliphatic carbocycles. The van der Waals surface area contributed by atoms with Crippen LogP contribution < -0.4 is 0 Å². The number of rotatable bonds is 2. The van der Waals surface area contributed by atoms with Gasteiger partial charge < -0.3 is 10.4 Å². The molecule has 4 aromatic rings. The van der Waals surface area contributed by atoms with Gasteiger partial charge in [-0.2, -0.15) is 17.7 Å². The van der Waals surface area contributed by atoms with Gasteiger partial charge in [-0.05, 0) is 30.0 Å². The van der Waals surface area contributed by atoms with Gasteiger partial charge >= 0.3 is 0 Å². The van der Waals surface area contributed by atoms with E-state index < -0.39 is 0 Å². The quantitative estimate of drug-likeness (QED) is 0.105. The molecule has 4 aromatic carbocycles. The first kappa shape index (κ1) is 24.9. The molecule has 1 aliphatic heterocycles. The summed E-state index contributed by atoms with van der Waals surface area (Å²) in [5.41, 5.74) is 1.33. The fourth-order valence-corrected chi connectivity index (χ4v) is 5.87. The third-order valence-electron chi connectivity index (χ3n) is 7.28. The molecule has 1 N–H and O–H groups in total. The zero-order valence-electron chi connectivity index (χ0n) is 19.8. The van der Waals surface area contributed by atoms with Gasteiger partial charge in [-0.25, -0.2) is 0 Å². The van der Waals surface area contributed by atoms with Crippen LogP contribution in [0.4, 0.5) is 0 Å². The van der Waals surface area contributed by atoms with Crippen molar-refractivity contribution in [1.82, 2.24) is 0 Å². The van der Waals surface area contributed by atoms with E-state index in [-0.39, 0.29) is 31.6 Å². The summed E-state index contributed by atoms with van der Waals surface area (Å²) in [7, 11) is 0. The Balaban J connectivity index is 0.000000303.